The number of carbonyl (C=O) groups excluding carboxylic acids is 1. The summed E-state index contributed by atoms with van der Waals surface area (Å²) in [5, 5.41) is 0. The van der Waals surface area contributed by atoms with Crippen LogP contribution in [0.2, 0.25) is 0 Å². The number of hydrogen-bond acceptors (Lipinski definition) is 1. The average Bonchev–Trinajstić information content (AvgIpc) is 2.69. The van der Waals surface area contributed by atoms with Gasteiger partial charge in [0.05, 0.1) is 6.04 Å². The zero-order valence-electron chi connectivity index (χ0n) is 14.8. The van der Waals surface area contributed by atoms with Crippen molar-refractivity contribution in [2.75, 3.05) is 7.05 Å². The number of aryl methyl sites for hydroxylation is 1. The van der Waals surface area contributed by atoms with Crippen LogP contribution in [0.4, 0.5) is 4.39 Å². The summed E-state index contributed by atoms with van der Waals surface area (Å²) in [6, 6.07) is 26.0. The third-order valence-electron chi connectivity index (χ3n) is 4.55. The number of nitrogens with zero attached hydrogens (tertiary/aromatic N) is 1. The molecule has 0 aromatic heterocycles. The Labute approximate surface area is 153 Å². The van der Waals surface area contributed by atoms with Crippen LogP contribution in [-0.2, 0) is 11.2 Å². The Morgan fingerprint density at radius 1 is 0.846 bits per heavy atom. The van der Waals surface area contributed by atoms with Gasteiger partial charge >= 0.3 is 0 Å². The molecule has 0 radical (unpaired) electrons. The van der Waals surface area contributed by atoms with Crippen LogP contribution in [0, 0.1) is 5.82 Å². The van der Waals surface area contributed by atoms with E-state index in [0.29, 0.717) is 12.8 Å². The second-order valence-corrected chi connectivity index (χ2v) is 6.36. The Morgan fingerprint density at radius 2 is 1.38 bits per heavy atom. The molecular formula is C23H22FNO. The van der Waals surface area contributed by atoms with Gasteiger partial charge in [0.15, 0.2) is 0 Å². The lowest BCUT2D eigenvalue weighted by molar-refractivity contribution is -0.131. The number of benzene rings is 3. The van der Waals surface area contributed by atoms with E-state index in [1.807, 2.05) is 67.7 Å². The van der Waals surface area contributed by atoms with E-state index in [1.54, 1.807) is 17.0 Å². The van der Waals surface area contributed by atoms with Gasteiger partial charge in [0, 0.05) is 13.5 Å². The van der Waals surface area contributed by atoms with E-state index in [9.17, 15) is 9.18 Å². The topological polar surface area (TPSA) is 20.3 Å². The van der Waals surface area contributed by atoms with E-state index < -0.39 is 0 Å². The first kappa shape index (κ1) is 17.9. The summed E-state index contributed by atoms with van der Waals surface area (Å²) >= 11 is 0. The Bertz CT molecular complexity index is 831. The van der Waals surface area contributed by atoms with Crippen molar-refractivity contribution >= 4 is 5.91 Å². The molecule has 3 heteroatoms. The van der Waals surface area contributed by atoms with Gasteiger partial charge in [-0.15, -0.1) is 0 Å². The minimum absolute atomic E-state index is 0.0621. The lowest BCUT2D eigenvalue weighted by Crippen LogP contribution is -2.32. The van der Waals surface area contributed by atoms with Gasteiger partial charge in [-0.2, -0.15) is 0 Å². The highest BCUT2D eigenvalue weighted by molar-refractivity contribution is 5.77. The molecule has 1 atom stereocenters. The maximum atomic E-state index is 13.3. The van der Waals surface area contributed by atoms with Gasteiger partial charge in [-0.05, 0) is 35.2 Å². The SMILES string of the molecule is CN(C(=O)CCc1ccccc1)[C@H](c1ccccc1)c1ccc(F)cc1. The smallest absolute Gasteiger partial charge is 0.223 e. The number of rotatable bonds is 6. The van der Waals surface area contributed by atoms with E-state index in [0.717, 1.165) is 16.7 Å². The molecule has 26 heavy (non-hydrogen) atoms. The van der Waals surface area contributed by atoms with E-state index in [1.165, 1.54) is 12.1 Å². The third kappa shape index (κ3) is 4.37. The lowest BCUT2D eigenvalue weighted by atomic mass is 9.97. The van der Waals surface area contributed by atoms with Crippen LogP contribution in [-0.4, -0.2) is 17.9 Å². The summed E-state index contributed by atoms with van der Waals surface area (Å²) in [6.07, 6.45) is 1.14. The van der Waals surface area contributed by atoms with Crippen molar-refractivity contribution in [1.82, 2.24) is 4.90 Å². The fourth-order valence-electron chi connectivity index (χ4n) is 3.14. The first-order chi connectivity index (χ1) is 12.6. The van der Waals surface area contributed by atoms with E-state index in [4.69, 9.17) is 0 Å². The molecule has 0 spiro atoms. The van der Waals surface area contributed by atoms with E-state index in [-0.39, 0.29) is 17.8 Å². The molecule has 0 aliphatic carbocycles. The van der Waals surface area contributed by atoms with E-state index in [2.05, 4.69) is 0 Å². The molecule has 3 rings (SSSR count). The molecule has 0 aliphatic rings. The summed E-state index contributed by atoms with van der Waals surface area (Å²) in [7, 11) is 1.81. The minimum Gasteiger partial charge on any atom is -0.335 e. The first-order valence-corrected chi connectivity index (χ1v) is 8.75. The number of halogens is 1. The molecule has 0 bridgehead atoms. The molecule has 132 valence electrons. The molecule has 3 aromatic rings. The predicted octanol–water partition coefficient (Wildman–Crippen LogP) is 5.01. The van der Waals surface area contributed by atoms with Crippen molar-refractivity contribution in [2.24, 2.45) is 0 Å². The van der Waals surface area contributed by atoms with Crippen molar-refractivity contribution in [3.63, 3.8) is 0 Å². The quantitative estimate of drug-likeness (QED) is 0.614. The van der Waals surface area contributed by atoms with Crippen LogP contribution in [0.3, 0.4) is 0 Å². The maximum absolute atomic E-state index is 13.3. The van der Waals surface area contributed by atoms with Crippen molar-refractivity contribution in [1.29, 1.82) is 0 Å². The molecule has 0 fully saturated rings. The molecule has 0 N–H and O–H groups in total. The molecule has 3 aromatic carbocycles. The zero-order chi connectivity index (χ0) is 18.4. The minimum atomic E-state index is -0.279. The summed E-state index contributed by atoms with van der Waals surface area (Å²) in [5.41, 5.74) is 3.05. The Balaban J connectivity index is 1.81. The molecular weight excluding hydrogens is 325 g/mol. The number of amides is 1. The lowest BCUT2D eigenvalue weighted by Gasteiger charge is -2.29. The first-order valence-electron chi connectivity index (χ1n) is 8.75. The van der Waals surface area contributed by atoms with Crippen LogP contribution in [0.1, 0.15) is 29.2 Å². The molecule has 2 nitrogen and oxygen atoms in total. The fourth-order valence-corrected chi connectivity index (χ4v) is 3.14. The zero-order valence-corrected chi connectivity index (χ0v) is 14.8. The highest BCUT2D eigenvalue weighted by Gasteiger charge is 2.23. The standard InChI is InChI=1S/C23H22FNO/c1-25(22(26)17-12-18-8-4-2-5-9-18)23(19-10-6-3-7-11-19)20-13-15-21(24)16-14-20/h2-11,13-16,23H,12,17H2,1H3/t23-/m1/s1. The Hall–Kier alpha value is -2.94. The normalized spacial score (nSPS) is 11.8. The van der Waals surface area contributed by atoms with Crippen LogP contribution in [0.15, 0.2) is 84.9 Å². The summed E-state index contributed by atoms with van der Waals surface area (Å²) in [6.45, 7) is 0. The van der Waals surface area contributed by atoms with Crippen LogP contribution in [0.5, 0.6) is 0 Å². The average molecular weight is 347 g/mol. The molecule has 0 saturated carbocycles. The van der Waals surface area contributed by atoms with Gasteiger partial charge in [-0.25, -0.2) is 4.39 Å². The number of carbonyl (C=O) groups is 1. The van der Waals surface area contributed by atoms with Gasteiger partial charge in [0.2, 0.25) is 5.91 Å². The highest BCUT2D eigenvalue weighted by Crippen LogP contribution is 2.28. The molecule has 0 saturated heterocycles. The largest absolute Gasteiger partial charge is 0.335 e. The van der Waals surface area contributed by atoms with Crippen molar-refractivity contribution in [3.05, 3.63) is 107 Å². The highest BCUT2D eigenvalue weighted by atomic mass is 19.1. The predicted molar refractivity (Wildman–Crippen MR) is 102 cm³/mol. The number of hydrogen-bond donors (Lipinski definition) is 0. The fraction of sp³-hybridized carbons (Fsp3) is 0.174. The summed E-state index contributed by atoms with van der Waals surface area (Å²) in [5.74, 6) is -0.217. The second kappa shape index (κ2) is 8.43. The second-order valence-electron chi connectivity index (χ2n) is 6.36. The van der Waals surface area contributed by atoms with Crippen molar-refractivity contribution in [3.8, 4) is 0 Å². The van der Waals surface area contributed by atoms with Gasteiger partial charge in [-0.1, -0.05) is 72.8 Å². The Morgan fingerprint density at radius 3 is 2.00 bits per heavy atom. The van der Waals surface area contributed by atoms with Crippen LogP contribution in [0.25, 0.3) is 0 Å². The van der Waals surface area contributed by atoms with Crippen molar-refractivity contribution < 1.29 is 9.18 Å². The summed E-state index contributed by atoms with van der Waals surface area (Å²) < 4.78 is 13.3. The Kier molecular flexibility index (Phi) is 5.80. The molecule has 0 aliphatic heterocycles. The van der Waals surface area contributed by atoms with E-state index >= 15 is 0 Å². The van der Waals surface area contributed by atoms with Gasteiger partial charge < -0.3 is 4.90 Å². The van der Waals surface area contributed by atoms with Gasteiger partial charge in [0.1, 0.15) is 5.82 Å². The monoisotopic (exact) mass is 347 g/mol. The van der Waals surface area contributed by atoms with Crippen LogP contribution < -0.4 is 0 Å². The summed E-state index contributed by atoms with van der Waals surface area (Å²) in [4.78, 5) is 14.6. The maximum Gasteiger partial charge on any atom is 0.223 e. The third-order valence-corrected chi connectivity index (χ3v) is 4.55. The van der Waals surface area contributed by atoms with Crippen LogP contribution >= 0.6 is 0 Å². The van der Waals surface area contributed by atoms with Gasteiger partial charge in [0.25, 0.3) is 0 Å². The molecule has 0 heterocycles. The molecule has 1 amide bonds. The van der Waals surface area contributed by atoms with Crippen molar-refractivity contribution in [2.45, 2.75) is 18.9 Å². The molecule has 0 unspecified atom stereocenters. The van der Waals surface area contributed by atoms with Gasteiger partial charge in [-0.3, -0.25) is 4.79 Å².